The van der Waals surface area contributed by atoms with Gasteiger partial charge in [-0.1, -0.05) is 65.8 Å². The first kappa shape index (κ1) is 17.8. The molecule has 0 atom stereocenters. The Hall–Kier alpha value is -2.57. The van der Waals surface area contributed by atoms with Crippen molar-refractivity contribution >= 4 is 23.4 Å². The molecule has 4 aromatic rings. The van der Waals surface area contributed by atoms with Crippen LogP contribution in [0.2, 0.25) is 5.02 Å². The highest BCUT2D eigenvalue weighted by Gasteiger charge is 2.13. The van der Waals surface area contributed by atoms with E-state index in [0.29, 0.717) is 22.4 Å². The summed E-state index contributed by atoms with van der Waals surface area (Å²) in [5.41, 5.74) is 2.12. The van der Waals surface area contributed by atoms with Crippen molar-refractivity contribution in [2.24, 2.45) is 0 Å². The number of thioether (sulfide) groups is 1. The summed E-state index contributed by atoms with van der Waals surface area (Å²) in [6.07, 6.45) is 1.72. The maximum absolute atomic E-state index is 6.04. The molecule has 7 heteroatoms. The van der Waals surface area contributed by atoms with Crippen LogP contribution in [0.3, 0.4) is 0 Å². The number of oxazole rings is 1. The van der Waals surface area contributed by atoms with Gasteiger partial charge in [0.15, 0.2) is 10.9 Å². The van der Waals surface area contributed by atoms with Crippen LogP contribution in [-0.4, -0.2) is 19.7 Å². The van der Waals surface area contributed by atoms with Gasteiger partial charge >= 0.3 is 0 Å². The summed E-state index contributed by atoms with van der Waals surface area (Å²) >= 11 is 7.60. The fourth-order valence-corrected chi connectivity index (χ4v) is 3.72. The monoisotopic (exact) mass is 396 g/mol. The summed E-state index contributed by atoms with van der Waals surface area (Å²) in [4.78, 5) is 4.37. The maximum Gasteiger partial charge on any atom is 0.205 e. The van der Waals surface area contributed by atoms with Gasteiger partial charge in [-0.05, 0) is 24.6 Å². The third kappa shape index (κ3) is 4.23. The van der Waals surface area contributed by atoms with Crippen molar-refractivity contribution in [3.63, 3.8) is 0 Å². The van der Waals surface area contributed by atoms with E-state index < -0.39 is 0 Å². The van der Waals surface area contributed by atoms with Crippen LogP contribution in [0.25, 0.3) is 11.3 Å². The summed E-state index contributed by atoms with van der Waals surface area (Å²) in [6.45, 7) is 2.70. The second kappa shape index (κ2) is 7.98. The molecule has 0 fully saturated rings. The molecule has 0 unspecified atom stereocenters. The summed E-state index contributed by atoms with van der Waals surface area (Å²) in [6, 6.07) is 17.8. The molecular formula is C20H17ClN4OS. The predicted molar refractivity (Wildman–Crippen MR) is 107 cm³/mol. The van der Waals surface area contributed by atoms with E-state index in [2.05, 4.69) is 31.9 Å². The topological polar surface area (TPSA) is 56.7 Å². The largest absolute Gasteiger partial charge is 0.440 e. The molecule has 27 heavy (non-hydrogen) atoms. The van der Waals surface area contributed by atoms with Gasteiger partial charge in [0.25, 0.3) is 0 Å². The standard InChI is InChI=1S/C20H17ClN4OS/c1-14-23-24-20(25(14)12-15-6-3-2-4-7-15)27-13-19-22-11-18(26-19)16-8-5-9-17(21)10-16/h2-11H,12-13H2,1H3. The van der Waals surface area contributed by atoms with E-state index >= 15 is 0 Å². The molecule has 0 saturated heterocycles. The zero-order valence-electron chi connectivity index (χ0n) is 14.7. The Morgan fingerprint density at radius 3 is 2.74 bits per heavy atom. The lowest BCUT2D eigenvalue weighted by atomic mass is 10.2. The van der Waals surface area contributed by atoms with Crippen molar-refractivity contribution in [2.45, 2.75) is 24.4 Å². The van der Waals surface area contributed by atoms with Crippen molar-refractivity contribution in [2.75, 3.05) is 0 Å². The molecule has 4 rings (SSSR count). The van der Waals surface area contributed by atoms with Gasteiger partial charge in [-0.2, -0.15) is 0 Å². The Morgan fingerprint density at radius 1 is 1.07 bits per heavy atom. The second-order valence-electron chi connectivity index (χ2n) is 6.02. The first-order valence-corrected chi connectivity index (χ1v) is 9.82. The predicted octanol–water partition coefficient (Wildman–Crippen LogP) is 5.24. The smallest absolute Gasteiger partial charge is 0.205 e. The molecule has 2 aromatic heterocycles. The number of nitrogens with zero attached hydrogens (tertiary/aromatic N) is 4. The number of benzene rings is 2. The van der Waals surface area contributed by atoms with Crippen LogP contribution in [0.5, 0.6) is 0 Å². The van der Waals surface area contributed by atoms with E-state index in [4.69, 9.17) is 16.0 Å². The zero-order valence-corrected chi connectivity index (χ0v) is 16.2. The fraction of sp³-hybridized carbons (Fsp3) is 0.150. The maximum atomic E-state index is 6.04. The minimum Gasteiger partial charge on any atom is -0.440 e. The molecule has 0 radical (unpaired) electrons. The summed E-state index contributed by atoms with van der Waals surface area (Å²) in [5.74, 6) is 2.80. The van der Waals surface area contributed by atoms with Crippen molar-refractivity contribution in [1.29, 1.82) is 0 Å². The number of rotatable bonds is 6. The lowest BCUT2D eigenvalue weighted by Crippen LogP contribution is -2.03. The van der Waals surface area contributed by atoms with E-state index in [1.807, 2.05) is 49.4 Å². The quantitative estimate of drug-likeness (QED) is 0.417. The summed E-state index contributed by atoms with van der Waals surface area (Å²) in [7, 11) is 0. The van der Waals surface area contributed by atoms with Crippen molar-refractivity contribution < 1.29 is 4.42 Å². The first-order valence-electron chi connectivity index (χ1n) is 8.46. The van der Waals surface area contributed by atoms with Gasteiger partial charge in [0.05, 0.1) is 18.5 Å². The number of halogens is 1. The van der Waals surface area contributed by atoms with Gasteiger partial charge in [0, 0.05) is 10.6 Å². The molecule has 0 aliphatic rings. The Balaban J connectivity index is 1.47. The lowest BCUT2D eigenvalue weighted by Gasteiger charge is -2.07. The number of hydrogen-bond acceptors (Lipinski definition) is 5. The van der Waals surface area contributed by atoms with E-state index in [-0.39, 0.29) is 0 Å². The molecule has 136 valence electrons. The van der Waals surface area contributed by atoms with E-state index in [1.165, 1.54) is 5.56 Å². The molecule has 2 heterocycles. The molecule has 0 saturated carbocycles. The van der Waals surface area contributed by atoms with E-state index in [0.717, 1.165) is 23.1 Å². The third-order valence-electron chi connectivity index (χ3n) is 4.07. The zero-order chi connectivity index (χ0) is 18.6. The molecule has 0 aliphatic heterocycles. The molecular weight excluding hydrogens is 380 g/mol. The average molecular weight is 397 g/mol. The first-order chi connectivity index (χ1) is 13.2. The van der Waals surface area contributed by atoms with Gasteiger partial charge in [-0.3, -0.25) is 0 Å². The highest BCUT2D eigenvalue weighted by atomic mass is 35.5. The van der Waals surface area contributed by atoms with Crippen molar-refractivity contribution in [3.8, 4) is 11.3 Å². The Labute approximate surface area is 166 Å². The molecule has 2 aromatic carbocycles. The van der Waals surface area contributed by atoms with Crippen LogP contribution in [0.1, 0.15) is 17.3 Å². The molecule has 0 spiro atoms. The van der Waals surface area contributed by atoms with Gasteiger partial charge in [-0.25, -0.2) is 4.98 Å². The minimum atomic E-state index is 0.577. The van der Waals surface area contributed by atoms with Crippen LogP contribution >= 0.6 is 23.4 Å². The van der Waals surface area contributed by atoms with Crippen LogP contribution in [0.4, 0.5) is 0 Å². The van der Waals surface area contributed by atoms with Crippen LogP contribution < -0.4 is 0 Å². The van der Waals surface area contributed by atoms with Gasteiger partial charge in [0.2, 0.25) is 5.89 Å². The van der Waals surface area contributed by atoms with Gasteiger partial charge < -0.3 is 8.98 Å². The minimum absolute atomic E-state index is 0.577. The molecule has 0 bridgehead atoms. The van der Waals surface area contributed by atoms with E-state index in [1.54, 1.807) is 18.0 Å². The molecule has 0 aliphatic carbocycles. The number of aryl methyl sites for hydroxylation is 1. The van der Waals surface area contributed by atoms with Crippen molar-refractivity contribution in [1.82, 2.24) is 19.7 Å². The van der Waals surface area contributed by atoms with Gasteiger partial charge in [0.1, 0.15) is 5.82 Å². The second-order valence-corrected chi connectivity index (χ2v) is 7.40. The highest BCUT2D eigenvalue weighted by Crippen LogP contribution is 2.27. The van der Waals surface area contributed by atoms with Crippen LogP contribution in [0, 0.1) is 6.92 Å². The number of hydrogen-bond donors (Lipinski definition) is 0. The normalized spacial score (nSPS) is 11.0. The molecule has 0 N–H and O–H groups in total. The average Bonchev–Trinajstić information content (AvgIpc) is 3.29. The Morgan fingerprint density at radius 2 is 1.93 bits per heavy atom. The molecule has 0 amide bonds. The highest BCUT2D eigenvalue weighted by molar-refractivity contribution is 7.98. The van der Waals surface area contributed by atoms with Gasteiger partial charge in [-0.15, -0.1) is 10.2 Å². The summed E-state index contributed by atoms with van der Waals surface area (Å²) in [5, 5.41) is 10.0. The Kier molecular flexibility index (Phi) is 5.27. The fourth-order valence-electron chi connectivity index (χ4n) is 2.69. The number of aromatic nitrogens is 4. The third-order valence-corrected chi connectivity index (χ3v) is 5.26. The van der Waals surface area contributed by atoms with Crippen molar-refractivity contribution in [3.05, 3.63) is 83.1 Å². The van der Waals surface area contributed by atoms with E-state index in [9.17, 15) is 0 Å². The summed E-state index contributed by atoms with van der Waals surface area (Å²) < 4.78 is 7.96. The Bertz CT molecular complexity index is 1050. The lowest BCUT2D eigenvalue weighted by molar-refractivity contribution is 0.529. The molecule has 5 nitrogen and oxygen atoms in total. The van der Waals surface area contributed by atoms with Crippen LogP contribution in [0.15, 0.2) is 70.4 Å². The van der Waals surface area contributed by atoms with Crippen LogP contribution in [-0.2, 0) is 12.3 Å². The SMILES string of the molecule is Cc1nnc(SCc2ncc(-c3cccc(Cl)c3)o2)n1Cc1ccccc1.